The largest absolute Gasteiger partial charge is 0.354 e. The maximum Gasteiger partial charge on any atom is 0.230 e. The molecular weight excluding hydrogens is 475 g/mol. The first-order chi connectivity index (χ1) is 16.0. The van der Waals surface area contributed by atoms with Gasteiger partial charge in [-0.05, 0) is 49.1 Å². The summed E-state index contributed by atoms with van der Waals surface area (Å²) in [7, 11) is 2.11. The van der Waals surface area contributed by atoms with Gasteiger partial charge in [0, 0.05) is 37.1 Å². The maximum absolute atomic E-state index is 12.4. The van der Waals surface area contributed by atoms with Crippen LogP contribution in [0.4, 0.5) is 0 Å². The van der Waals surface area contributed by atoms with Crippen LogP contribution in [0.2, 0.25) is 10.0 Å². The molecule has 0 saturated carbocycles. The van der Waals surface area contributed by atoms with Gasteiger partial charge in [0.1, 0.15) is 0 Å². The van der Waals surface area contributed by atoms with Crippen molar-refractivity contribution in [2.75, 3.05) is 25.9 Å². The van der Waals surface area contributed by atoms with Crippen LogP contribution < -0.4 is 5.32 Å². The lowest BCUT2D eigenvalue weighted by Crippen LogP contribution is -2.38. The molecule has 0 unspecified atom stereocenters. The molecule has 0 bridgehead atoms. The monoisotopic (exact) mass is 500 g/mol. The second kappa shape index (κ2) is 11.3. The van der Waals surface area contributed by atoms with E-state index in [0.717, 1.165) is 30.5 Å². The number of hydrogen-bond acceptors (Lipinski definition) is 5. The van der Waals surface area contributed by atoms with E-state index >= 15 is 0 Å². The first-order valence-electron chi connectivity index (χ1n) is 10.9. The van der Waals surface area contributed by atoms with E-state index in [9.17, 15) is 4.79 Å². The normalized spacial score (nSPS) is 18.4. The lowest BCUT2D eigenvalue weighted by molar-refractivity contribution is -0.118. The summed E-state index contributed by atoms with van der Waals surface area (Å²) >= 11 is 13.5. The van der Waals surface area contributed by atoms with E-state index in [1.54, 1.807) is 12.4 Å². The van der Waals surface area contributed by atoms with E-state index in [2.05, 4.69) is 27.2 Å². The van der Waals surface area contributed by atoms with Gasteiger partial charge in [-0.1, -0.05) is 71.4 Å². The third-order valence-corrected chi connectivity index (χ3v) is 7.50. The molecule has 1 amide bonds. The highest BCUT2D eigenvalue weighted by atomic mass is 35.5. The number of nitrogens with one attached hydrogen (secondary N) is 1. The molecule has 33 heavy (non-hydrogen) atoms. The van der Waals surface area contributed by atoms with Crippen molar-refractivity contribution in [3.63, 3.8) is 0 Å². The standard InChI is InChI=1S/C25H26Cl2N4OS/c1-31-15-18(9-17-7-8-22(26)23(27)11-17)10-21(31)14-28-24(32)16-33-25-29-12-20(13-30-25)19-5-3-2-4-6-19/h2-8,11-13,18,21H,9-10,14-16H2,1H3,(H,28,32)/t18-,21+/m1/s1. The molecule has 1 saturated heterocycles. The summed E-state index contributed by atoms with van der Waals surface area (Å²) in [6.07, 6.45) is 5.58. The summed E-state index contributed by atoms with van der Waals surface area (Å²) in [4.78, 5) is 23.5. The Morgan fingerprint density at radius 1 is 1.09 bits per heavy atom. The van der Waals surface area contributed by atoms with E-state index in [4.69, 9.17) is 23.2 Å². The third kappa shape index (κ3) is 6.70. The van der Waals surface area contributed by atoms with Crippen molar-refractivity contribution in [3.8, 4) is 11.1 Å². The fourth-order valence-corrected chi connectivity index (χ4v) is 5.10. The quantitative estimate of drug-likeness (QED) is 0.339. The molecule has 0 spiro atoms. The van der Waals surface area contributed by atoms with Crippen molar-refractivity contribution in [1.29, 1.82) is 0 Å². The van der Waals surface area contributed by atoms with Gasteiger partial charge in [-0.3, -0.25) is 4.79 Å². The van der Waals surface area contributed by atoms with E-state index in [1.165, 1.54) is 17.3 Å². The van der Waals surface area contributed by atoms with E-state index in [-0.39, 0.29) is 5.91 Å². The average Bonchev–Trinajstić information content (AvgIpc) is 3.18. The zero-order valence-electron chi connectivity index (χ0n) is 18.4. The summed E-state index contributed by atoms with van der Waals surface area (Å²) in [6, 6.07) is 16.2. The minimum Gasteiger partial charge on any atom is -0.354 e. The zero-order chi connectivity index (χ0) is 23.2. The number of aromatic nitrogens is 2. The second-order valence-electron chi connectivity index (χ2n) is 8.36. The van der Waals surface area contributed by atoms with Crippen molar-refractivity contribution in [2.24, 2.45) is 5.92 Å². The Hall–Kier alpha value is -2.12. The molecule has 8 heteroatoms. The number of amides is 1. The number of halogens is 2. The Kier molecular flexibility index (Phi) is 8.25. The Morgan fingerprint density at radius 2 is 1.85 bits per heavy atom. The van der Waals surface area contributed by atoms with Crippen LogP contribution in [0.5, 0.6) is 0 Å². The average molecular weight is 501 g/mol. The topological polar surface area (TPSA) is 58.1 Å². The van der Waals surface area contributed by atoms with Gasteiger partial charge in [0.2, 0.25) is 5.91 Å². The van der Waals surface area contributed by atoms with Crippen LogP contribution in [0.15, 0.2) is 66.1 Å². The minimum absolute atomic E-state index is 0.00271. The SMILES string of the molecule is CN1C[C@H](Cc2ccc(Cl)c(Cl)c2)C[C@H]1CNC(=O)CSc1ncc(-c2ccccc2)cn1. The molecule has 0 aliphatic carbocycles. The highest BCUT2D eigenvalue weighted by molar-refractivity contribution is 7.99. The fraction of sp³-hybridized carbons (Fsp3) is 0.320. The number of likely N-dealkylation sites (N-methyl/N-ethyl adjacent to an activating group) is 1. The molecule has 4 rings (SSSR count). The molecule has 1 aromatic heterocycles. The summed E-state index contributed by atoms with van der Waals surface area (Å²) in [5.41, 5.74) is 3.23. The van der Waals surface area contributed by atoms with Crippen LogP contribution in [0, 0.1) is 5.92 Å². The van der Waals surface area contributed by atoms with Gasteiger partial charge < -0.3 is 10.2 Å². The van der Waals surface area contributed by atoms with Crippen LogP contribution in [0.3, 0.4) is 0 Å². The minimum atomic E-state index is -0.00271. The van der Waals surface area contributed by atoms with Crippen LogP contribution >= 0.6 is 35.0 Å². The molecular formula is C25H26Cl2N4OS. The molecule has 5 nitrogen and oxygen atoms in total. The predicted molar refractivity (Wildman–Crippen MR) is 136 cm³/mol. The Morgan fingerprint density at radius 3 is 2.58 bits per heavy atom. The van der Waals surface area contributed by atoms with Crippen molar-refractivity contribution in [2.45, 2.75) is 24.0 Å². The predicted octanol–water partition coefficient (Wildman–Crippen LogP) is 5.22. The van der Waals surface area contributed by atoms with Crippen LogP contribution in [-0.2, 0) is 11.2 Å². The molecule has 2 atom stereocenters. The van der Waals surface area contributed by atoms with Gasteiger partial charge in [-0.15, -0.1) is 0 Å². The summed E-state index contributed by atoms with van der Waals surface area (Å²) in [5, 5.41) is 4.85. The summed E-state index contributed by atoms with van der Waals surface area (Å²) in [6.45, 7) is 1.64. The zero-order valence-corrected chi connectivity index (χ0v) is 20.7. The third-order valence-electron chi connectivity index (χ3n) is 5.89. The number of benzene rings is 2. The van der Waals surface area contributed by atoms with Gasteiger partial charge in [0.05, 0.1) is 15.8 Å². The maximum atomic E-state index is 12.4. The number of hydrogen-bond donors (Lipinski definition) is 1. The van der Waals surface area contributed by atoms with Crippen LogP contribution in [0.25, 0.3) is 11.1 Å². The smallest absolute Gasteiger partial charge is 0.230 e. The number of carbonyl (C=O) groups excluding carboxylic acids is 1. The van der Waals surface area contributed by atoms with Gasteiger partial charge in [0.25, 0.3) is 0 Å². The summed E-state index contributed by atoms with van der Waals surface area (Å²) < 4.78 is 0. The highest BCUT2D eigenvalue weighted by Gasteiger charge is 2.29. The van der Waals surface area contributed by atoms with E-state index < -0.39 is 0 Å². The summed E-state index contributed by atoms with van der Waals surface area (Å²) in [5.74, 6) is 0.825. The van der Waals surface area contributed by atoms with Gasteiger partial charge in [-0.2, -0.15) is 0 Å². The lowest BCUT2D eigenvalue weighted by atomic mass is 9.97. The van der Waals surface area contributed by atoms with Crippen LogP contribution in [0.1, 0.15) is 12.0 Å². The molecule has 1 fully saturated rings. The van der Waals surface area contributed by atoms with Crippen molar-refractivity contribution < 1.29 is 4.79 Å². The first-order valence-corrected chi connectivity index (χ1v) is 12.6. The first kappa shape index (κ1) is 24.0. The molecule has 1 aliphatic heterocycles. The molecule has 1 aliphatic rings. The van der Waals surface area contributed by atoms with Crippen molar-refractivity contribution in [1.82, 2.24) is 20.2 Å². The van der Waals surface area contributed by atoms with E-state index in [0.29, 0.717) is 39.5 Å². The number of likely N-dealkylation sites (tertiary alicyclic amines) is 1. The molecule has 3 aromatic rings. The Bertz CT molecular complexity index is 1080. The Labute approximate surface area is 208 Å². The molecule has 2 heterocycles. The van der Waals surface area contributed by atoms with E-state index in [1.807, 2.05) is 48.5 Å². The number of carbonyl (C=O) groups is 1. The van der Waals surface area contributed by atoms with Gasteiger partial charge in [-0.25, -0.2) is 9.97 Å². The molecule has 0 radical (unpaired) electrons. The number of nitrogens with zero attached hydrogens (tertiary/aromatic N) is 3. The van der Waals surface area contributed by atoms with Crippen LogP contribution in [-0.4, -0.2) is 52.7 Å². The highest BCUT2D eigenvalue weighted by Crippen LogP contribution is 2.28. The number of rotatable bonds is 8. The molecule has 1 N–H and O–H groups in total. The van der Waals surface area contributed by atoms with Gasteiger partial charge in [0.15, 0.2) is 5.16 Å². The molecule has 172 valence electrons. The number of thioether (sulfide) groups is 1. The van der Waals surface area contributed by atoms with Crippen molar-refractivity contribution >= 4 is 40.9 Å². The fourth-order valence-electron chi connectivity index (χ4n) is 4.17. The lowest BCUT2D eigenvalue weighted by Gasteiger charge is -2.19. The van der Waals surface area contributed by atoms with Gasteiger partial charge >= 0.3 is 0 Å². The molecule has 2 aromatic carbocycles. The van der Waals surface area contributed by atoms with Crippen molar-refractivity contribution in [3.05, 3.63) is 76.5 Å². The Balaban J connectivity index is 1.20. The second-order valence-corrected chi connectivity index (χ2v) is 10.1.